The van der Waals surface area contributed by atoms with Gasteiger partial charge in [-0.15, -0.1) is 0 Å². The van der Waals surface area contributed by atoms with Gasteiger partial charge in [0.05, 0.1) is 18.0 Å². The van der Waals surface area contributed by atoms with Gasteiger partial charge in [-0.3, -0.25) is 0 Å². The molecule has 3 N–H and O–H groups in total. The number of nitrogen functional groups attached to an aromatic ring is 1. The first-order valence-electron chi connectivity index (χ1n) is 5.10. The van der Waals surface area contributed by atoms with Crippen molar-refractivity contribution in [1.82, 2.24) is 0 Å². The monoisotopic (exact) mass is 228 g/mol. The van der Waals surface area contributed by atoms with Gasteiger partial charge in [-0.05, 0) is 24.6 Å². The van der Waals surface area contributed by atoms with Gasteiger partial charge in [0.15, 0.2) is 0 Å². The van der Waals surface area contributed by atoms with E-state index in [0.717, 1.165) is 18.7 Å². The summed E-state index contributed by atoms with van der Waals surface area (Å²) in [6.45, 7) is 3.65. The van der Waals surface area contributed by atoms with E-state index >= 15 is 0 Å². The van der Waals surface area contributed by atoms with E-state index < -0.39 is 0 Å². The lowest BCUT2D eigenvalue weighted by Gasteiger charge is -2.24. The maximum Gasteiger partial charge on any atom is 0.0615 e. The molecule has 0 amide bonds. The number of nitrogens with two attached hydrogens (primary N) is 1. The van der Waals surface area contributed by atoms with Crippen LogP contribution in [0.15, 0.2) is 18.2 Å². The Balaban J connectivity index is 2.93. The Morgan fingerprint density at radius 2 is 2.13 bits per heavy atom. The highest BCUT2D eigenvalue weighted by Crippen LogP contribution is 2.26. The molecule has 0 aliphatic rings. The van der Waals surface area contributed by atoms with Gasteiger partial charge in [-0.2, -0.15) is 0 Å². The van der Waals surface area contributed by atoms with Crippen LogP contribution < -0.4 is 10.6 Å². The molecule has 0 spiro atoms. The van der Waals surface area contributed by atoms with Gasteiger partial charge in [-0.25, -0.2) is 0 Å². The van der Waals surface area contributed by atoms with Crippen LogP contribution in [-0.2, 0) is 0 Å². The number of aliphatic hydroxyl groups excluding tert-OH is 1. The number of anilines is 2. The Hall–Kier alpha value is -0.930. The molecule has 4 heteroatoms. The molecule has 1 aromatic rings. The maximum absolute atomic E-state index is 8.97. The average Bonchev–Trinajstić information content (AvgIpc) is 2.21. The third kappa shape index (κ3) is 3.29. The molecule has 0 aromatic heterocycles. The van der Waals surface area contributed by atoms with Crippen LogP contribution >= 0.6 is 11.6 Å². The highest BCUT2D eigenvalue weighted by atomic mass is 35.5. The summed E-state index contributed by atoms with van der Waals surface area (Å²) in [6.07, 6.45) is 1.01. The van der Waals surface area contributed by atoms with Gasteiger partial charge in [0.2, 0.25) is 0 Å². The predicted molar refractivity (Wildman–Crippen MR) is 65.5 cm³/mol. The summed E-state index contributed by atoms with van der Waals surface area (Å²) in [7, 11) is 0. The average molecular weight is 229 g/mol. The lowest BCUT2D eigenvalue weighted by atomic mass is 10.2. The van der Waals surface area contributed by atoms with Crippen molar-refractivity contribution >= 4 is 23.0 Å². The minimum absolute atomic E-state index is 0.117. The van der Waals surface area contributed by atoms with Gasteiger partial charge >= 0.3 is 0 Å². The second kappa shape index (κ2) is 5.83. The molecule has 0 unspecified atom stereocenters. The summed E-state index contributed by atoms with van der Waals surface area (Å²) < 4.78 is 0. The summed E-state index contributed by atoms with van der Waals surface area (Å²) >= 11 is 5.92. The van der Waals surface area contributed by atoms with Crippen molar-refractivity contribution in [3.8, 4) is 0 Å². The molecule has 0 atom stereocenters. The van der Waals surface area contributed by atoms with Crippen molar-refractivity contribution in [2.45, 2.75) is 13.3 Å². The molecular formula is C11H17ClN2O. The molecule has 0 bridgehead atoms. The van der Waals surface area contributed by atoms with Gasteiger partial charge in [0, 0.05) is 18.1 Å². The topological polar surface area (TPSA) is 49.5 Å². The Morgan fingerprint density at radius 1 is 1.40 bits per heavy atom. The standard InChI is InChI=1S/C11H17ClN2O/c1-2-5-14(6-7-15)11-8-9(12)3-4-10(11)13/h3-4,8,15H,2,5-7,13H2,1H3. The quantitative estimate of drug-likeness (QED) is 0.760. The molecule has 3 nitrogen and oxygen atoms in total. The Kier molecular flexibility index (Phi) is 4.72. The molecule has 84 valence electrons. The number of nitrogens with zero attached hydrogens (tertiary/aromatic N) is 1. The van der Waals surface area contributed by atoms with E-state index in [0.29, 0.717) is 17.3 Å². The fourth-order valence-electron chi connectivity index (χ4n) is 1.53. The first-order chi connectivity index (χ1) is 7.19. The van der Waals surface area contributed by atoms with E-state index in [1.54, 1.807) is 12.1 Å². The minimum Gasteiger partial charge on any atom is -0.397 e. The predicted octanol–water partition coefficient (Wildman–Crippen LogP) is 2.13. The largest absolute Gasteiger partial charge is 0.397 e. The van der Waals surface area contributed by atoms with Crippen LogP contribution in [0, 0.1) is 0 Å². The van der Waals surface area contributed by atoms with Crippen LogP contribution in [0.3, 0.4) is 0 Å². The summed E-state index contributed by atoms with van der Waals surface area (Å²) in [5, 5.41) is 9.63. The molecule has 15 heavy (non-hydrogen) atoms. The van der Waals surface area contributed by atoms with E-state index in [4.69, 9.17) is 22.4 Å². The number of aliphatic hydroxyl groups is 1. The summed E-state index contributed by atoms with van der Waals surface area (Å²) in [5.41, 5.74) is 7.47. The van der Waals surface area contributed by atoms with Crippen LogP contribution in [0.25, 0.3) is 0 Å². The lowest BCUT2D eigenvalue weighted by molar-refractivity contribution is 0.302. The molecule has 1 rings (SSSR count). The van der Waals surface area contributed by atoms with Crippen LogP contribution in [0.4, 0.5) is 11.4 Å². The third-order valence-corrected chi connectivity index (χ3v) is 2.43. The highest BCUT2D eigenvalue weighted by Gasteiger charge is 2.08. The zero-order valence-corrected chi connectivity index (χ0v) is 9.67. The van der Waals surface area contributed by atoms with Crippen LogP contribution in [0.5, 0.6) is 0 Å². The van der Waals surface area contributed by atoms with Crippen molar-refractivity contribution in [1.29, 1.82) is 0 Å². The summed E-state index contributed by atoms with van der Waals surface area (Å²) in [6, 6.07) is 5.39. The zero-order chi connectivity index (χ0) is 11.3. The van der Waals surface area contributed by atoms with Gasteiger partial charge in [0.25, 0.3) is 0 Å². The Morgan fingerprint density at radius 3 is 2.73 bits per heavy atom. The number of hydrogen-bond donors (Lipinski definition) is 2. The molecule has 0 saturated heterocycles. The first-order valence-corrected chi connectivity index (χ1v) is 5.47. The normalized spacial score (nSPS) is 10.3. The van der Waals surface area contributed by atoms with Crippen molar-refractivity contribution < 1.29 is 5.11 Å². The summed E-state index contributed by atoms with van der Waals surface area (Å²) in [5.74, 6) is 0. The minimum atomic E-state index is 0.117. The van der Waals surface area contributed by atoms with Crippen LogP contribution in [-0.4, -0.2) is 24.8 Å². The molecular weight excluding hydrogens is 212 g/mol. The maximum atomic E-state index is 8.97. The SMILES string of the molecule is CCCN(CCO)c1cc(Cl)ccc1N. The lowest BCUT2D eigenvalue weighted by Crippen LogP contribution is -2.28. The fourth-order valence-corrected chi connectivity index (χ4v) is 1.70. The van der Waals surface area contributed by atoms with Gasteiger partial charge in [-0.1, -0.05) is 18.5 Å². The van der Waals surface area contributed by atoms with E-state index in [1.807, 2.05) is 11.0 Å². The van der Waals surface area contributed by atoms with E-state index in [-0.39, 0.29) is 6.61 Å². The molecule has 0 aliphatic heterocycles. The molecule has 0 aliphatic carbocycles. The van der Waals surface area contributed by atoms with Crippen molar-refractivity contribution in [2.24, 2.45) is 0 Å². The third-order valence-electron chi connectivity index (χ3n) is 2.20. The number of rotatable bonds is 5. The second-order valence-corrected chi connectivity index (χ2v) is 3.85. The van der Waals surface area contributed by atoms with Gasteiger partial charge in [0.1, 0.15) is 0 Å². The second-order valence-electron chi connectivity index (χ2n) is 3.41. The van der Waals surface area contributed by atoms with E-state index in [2.05, 4.69) is 6.92 Å². The van der Waals surface area contributed by atoms with Gasteiger partial charge < -0.3 is 15.7 Å². The van der Waals surface area contributed by atoms with Crippen molar-refractivity contribution in [3.05, 3.63) is 23.2 Å². The van der Waals surface area contributed by atoms with Crippen molar-refractivity contribution in [3.63, 3.8) is 0 Å². The highest BCUT2D eigenvalue weighted by molar-refractivity contribution is 6.31. The Bertz CT molecular complexity index is 311. The molecule has 0 heterocycles. The van der Waals surface area contributed by atoms with E-state index in [9.17, 15) is 0 Å². The number of benzene rings is 1. The Labute approximate surface area is 95.5 Å². The zero-order valence-electron chi connectivity index (χ0n) is 8.91. The summed E-state index contributed by atoms with van der Waals surface area (Å²) in [4.78, 5) is 2.04. The first kappa shape index (κ1) is 12.1. The fraction of sp³-hybridized carbons (Fsp3) is 0.455. The number of halogens is 1. The number of hydrogen-bond acceptors (Lipinski definition) is 3. The van der Waals surface area contributed by atoms with Crippen LogP contribution in [0.2, 0.25) is 5.02 Å². The molecule has 1 aromatic carbocycles. The molecule has 0 fully saturated rings. The van der Waals surface area contributed by atoms with Crippen molar-refractivity contribution in [2.75, 3.05) is 30.3 Å². The van der Waals surface area contributed by atoms with Crippen LogP contribution in [0.1, 0.15) is 13.3 Å². The smallest absolute Gasteiger partial charge is 0.0615 e. The molecule has 0 saturated carbocycles. The molecule has 0 radical (unpaired) electrons. The van der Waals surface area contributed by atoms with E-state index in [1.165, 1.54) is 0 Å².